The molecule has 0 spiro atoms. The number of halogens is 3. The Morgan fingerprint density at radius 2 is 1.74 bits per heavy atom. The van der Waals surface area contributed by atoms with Gasteiger partial charge in [-0.3, -0.25) is 0 Å². The second-order valence-electron chi connectivity index (χ2n) is 3.96. The van der Waals surface area contributed by atoms with Crippen LogP contribution >= 0.6 is 0 Å². The van der Waals surface area contributed by atoms with Gasteiger partial charge in [-0.2, -0.15) is 4.98 Å². The van der Waals surface area contributed by atoms with Crippen molar-refractivity contribution < 1.29 is 13.2 Å². The predicted octanol–water partition coefficient (Wildman–Crippen LogP) is 2.40. The summed E-state index contributed by atoms with van der Waals surface area (Å²) in [5, 5.41) is 2.77. The van der Waals surface area contributed by atoms with Crippen LogP contribution in [0.1, 0.15) is 11.3 Å². The first-order valence-corrected chi connectivity index (χ1v) is 5.44. The van der Waals surface area contributed by atoms with Gasteiger partial charge in [0.15, 0.2) is 11.6 Å². The van der Waals surface area contributed by atoms with Gasteiger partial charge in [0.2, 0.25) is 5.95 Å². The molecule has 2 rings (SSSR count). The number of nitrogens with zero attached hydrogens (tertiary/aromatic N) is 2. The van der Waals surface area contributed by atoms with Crippen LogP contribution in [-0.2, 0) is 6.54 Å². The molecule has 19 heavy (non-hydrogen) atoms. The third-order valence-electron chi connectivity index (χ3n) is 2.42. The Kier molecular flexibility index (Phi) is 3.55. The summed E-state index contributed by atoms with van der Waals surface area (Å²) in [4.78, 5) is 7.76. The van der Waals surface area contributed by atoms with Gasteiger partial charge >= 0.3 is 0 Å². The summed E-state index contributed by atoms with van der Waals surface area (Å²) in [5.74, 6) is -2.69. The van der Waals surface area contributed by atoms with Crippen molar-refractivity contribution in [3.8, 4) is 0 Å². The molecule has 0 aliphatic rings. The summed E-state index contributed by atoms with van der Waals surface area (Å²) >= 11 is 0. The fourth-order valence-electron chi connectivity index (χ4n) is 1.57. The van der Waals surface area contributed by atoms with Gasteiger partial charge in [-0.25, -0.2) is 18.2 Å². The minimum absolute atomic E-state index is 0.00580. The smallest absolute Gasteiger partial charge is 0.222 e. The topological polar surface area (TPSA) is 63.8 Å². The molecule has 4 nitrogen and oxygen atoms in total. The first-order chi connectivity index (χ1) is 8.95. The lowest BCUT2D eigenvalue weighted by Crippen LogP contribution is -2.07. The molecule has 0 saturated heterocycles. The zero-order chi connectivity index (χ0) is 14.0. The van der Waals surface area contributed by atoms with Crippen molar-refractivity contribution >= 4 is 11.8 Å². The number of rotatable bonds is 3. The van der Waals surface area contributed by atoms with E-state index in [0.717, 1.165) is 6.07 Å². The van der Waals surface area contributed by atoms with E-state index in [1.165, 1.54) is 0 Å². The van der Waals surface area contributed by atoms with Crippen molar-refractivity contribution in [3.05, 3.63) is 46.9 Å². The Bertz CT molecular complexity index is 596. The van der Waals surface area contributed by atoms with Gasteiger partial charge in [-0.15, -0.1) is 0 Å². The molecule has 0 aliphatic carbocycles. The van der Waals surface area contributed by atoms with Gasteiger partial charge in [0.1, 0.15) is 11.6 Å². The van der Waals surface area contributed by atoms with Crippen LogP contribution in [0.5, 0.6) is 0 Å². The minimum Gasteiger partial charge on any atom is -0.368 e. The maximum absolute atomic E-state index is 13.4. The molecule has 0 radical (unpaired) electrons. The van der Waals surface area contributed by atoms with Gasteiger partial charge in [-0.05, 0) is 13.0 Å². The molecule has 1 heterocycles. The Hall–Kier alpha value is -2.31. The van der Waals surface area contributed by atoms with Crippen molar-refractivity contribution in [2.24, 2.45) is 0 Å². The van der Waals surface area contributed by atoms with E-state index in [9.17, 15) is 13.2 Å². The molecule has 7 heteroatoms. The molecular formula is C12H11F3N4. The summed E-state index contributed by atoms with van der Waals surface area (Å²) in [6.07, 6.45) is 0. The molecule has 1 aromatic carbocycles. The second-order valence-corrected chi connectivity index (χ2v) is 3.96. The maximum atomic E-state index is 13.4. The van der Waals surface area contributed by atoms with Crippen LogP contribution in [0, 0.1) is 24.4 Å². The summed E-state index contributed by atoms with van der Waals surface area (Å²) in [6.45, 7) is 1.68. The van der Waals surface area contributed by atoms with E-state index in [-0.39, 0.29) is 18.1 Å². The van der Waals surface area contributed by atoms with Crippen molar-refractivity contribution in [1.82, 2.24) is 9.97 Å². The molecule has 100 valence electrons. The maximum Gasteiger partial charge on any atom is 0.222 e. The van der Waals surface area contributed by atoms with Crippen molar-refractivity contribution in [3.63, 3.8) is 0 Å². The van der Waals surface area contributed by atoms with Gasteiger partial charge in [0.25, 0.3) is 0 Å². The highest BCUT2D eigenvalue weighted by molar-refractivity contribution is 5.41. The minimum atomic E-state index is -1.22. The van der Waals surface area contributed by atoms with Crippen molar-refractivity contribution in [2.75, 3.05) is 11.1 Å². The highest BCUT2D eigenvalue weighted by Gasteiger charge is 2.10. The van der Waals surface area contributed by atoms with E-state index in [1.54, 1.807) is 13.0 Å². The molecule has 2 aromatic rings. The van der Waals surface area contributed by atoms with Crippen molar-refractivity contribution in [1.29, 1.82) is 0 Å². The van der Waals surface area contributed by atoms with E-state index >= 15 is 0 Å². The van der Waals surface area contributed by atoms with Gasteiger partial charge in [-0.1, -0.05) is 0 Å². The van der Waals surface area contributed by atoms with Crippen LogP contribution in [0.3, 0.4) is 0 Å². The Morgan fingerprint density at radius 1 is 1.05 bits per heavy atom. The number of hydrogen-bond donors (Lipinski definition) is 2. The molecule has 1 aromatic heterocycles. The Labute approximate surface area is 107 Å². The van der Waals surface area contributed by atoms with Crippen molar-refractivity contribution in [2.45, 2.75) is 13.5 Å². The third-order valence-corrected chi connectivity index (χ3v) is 2.42. The molecule has 0 amide bonds. The van der Waals surface area contributed by atoms with E-state index in [0.29, 0.717) is 17.6 Å². The van der Waals surface area contributed by atoms with Gasteiger partial charge in [0, 0.05) is 29.9 Å². The molecule has 0 saturated carbocycles. The van der Waals surface area contributed by atoms with Crippen LogP contribution in [0.2, 0.25) is 0 Å². The lowest BCUT2D eigenvalue weighted by atomic mass is 10.2. The fraction of sp³-hybridized carbons (Fsp3) is 0.167. The van der Waals surface area contributed by atoms with E-state index in [4.69, 9.17) is 5.73 Å². The normalized spacial score (nSPS) is 10.5. The number of nitrogens with one attached hydrogen (secondary N) is 1. The van der Waals surface area contributed by atoms with Gasteiger partial charge in [0.05, 0.1) is 0 Å². The molecule has 0 fully saturated rings. The monoisotopic (exact) mass is 268 g/mol. The van der Waals surface area contributed by atoms with Gasteiger partial charge < -0.3 is 11.1 Å². The number of aromatic nitrogens is 2. The SMILES string of the molecule is Cc1cc(NCc2cc(F)c(F)cc2F)nc(N)n1. The summed E-state index contributed by atoms with van der Waals surface area (Å²) in [5.41, 5.74) is 6.09. The van der Waals surface area contributed by atoms with E-state index in [1.807, 2.05) is 0 Å². The molecule has 0 atom stereocenters. The number of anilines is 2. The number of nitrogens with two attached hydrogens (primary N) is 1. The summed E-state index contributed by atoms with van der Waals surface area (Å²) < 4.78 is 39.1. The molecule has 0 unspecified atom stereocenters. The summed E-state index contributed by atoms with van der Waals surface area (Å²) in [6, 6.07) is 2.91. The average Bonchev–Trinajstić information content (AvgIpc) is 2.31. The molecule has 3 N–H and O–H groups in total. The first kappa shape index (κ1) is 13.1. The zero-order valence-electron chi connectivity index (χ0n) is 10.0. The fourth-order valence-corrected chi connectivity index (χ4v) is 1.57. The number of nitrogen functional groups attached to an aromatic ring is 1. The largest absolute Gasteiger partial charge is 0.368 e. The van der Waals surface area contributed by atoms with Crippen LogP contribution in [0.15, 0.2) is 18.2 Å². The average molecular weight is 268 g/mol. The quantitative estimate of drug-likeness (QED) is 0.839. The lowest BCUT2D eigenvalue weighted by Gasteiger charge is -2.08. The Morgan fingerprint density at radius 3 is 2.42 bits per heavy atom. The second kappa shape index (κ2) is 5.13. The number of hydrogen-bond acceptors (Lipinski definition) is 4. The molecular weight excluding hydrogens is 257 g/mol. The highest BCUT2D eigenvalue weighted by Crippen LogP contribution is 2.15. The lowest BCUT2D eigenvalue weighted by molar-refractivity contribution is 0.490. The van der Waals surface area contributed by atoms with E-state index in [2.05, 4.69) is 15.3 Å². The molecule has 0 bridgehead atoms. The third kappa shape index (κ3) is 3.12. The first-order valence-electron chi connectivity index (χ1n) is 5.44. The summed E-state index contributed by atoms with van der Waals surface area (Å²) in [7, 11) is 0. The standard InChI is InChI=1S/C12H11F3N4/c1-6-2-11(19-12(16)18-6)17-5-7-3-9(14)10(15)4-8(7)13/h2-4H,5H2,1H3,(H3,16,17,18,19). The zero-order valence-corrected chi connectivity index (χ0v) is 10.0. The van der Waals surface area contributed by atoms with Crippen LogP contribution in [0.4, 0.5) is 24.9 Å². The van der Waals surface area contributed by atoms with Crippen LogP contribution in [-0.4, -0.2) is 9.97 Å². The number of aryl methyl sites for hydroxylation is 1. The predicted molar refractivity (Wildman–Crippen MR) is 64.8 cm³/mol. The van der Waals surface area contributed by atoms with Crippen LogP contribution in [0.25, 0.3) is 0 Å². The van der Waals surface area contributed by atoms with Crippen LogP contribution < -0.4 is 11.1 Å². The van der Waals surface area contributed by atoms with E-state index < -0.39 is 17.5 Å². The highest BCUT2D eigenvalue weighted by atomic mass is 19.2. The Balaban J connectivity index is 2.16. The molecule has 0 aliphatic heterocycles. The number of benzene rings is 1.